The van der Waals surface area contributed by atoms with Gasteiger partial charge in [0.05, 0.1) is 24.4 Å². The molecule has 3 aromatic rings. The van der Waals surface area contributed by atoms with Crippen molar-refractivity contribution in [2.45, 2.75) is 12.5 Å². The Kier molecular flexibility index (Phi) is 5.37. The van der Waals surface area contributed by atoms with Crippen LogP contribution in [-0.4, -0.2) is 34.8 Å². The molecular formula is C22H20FN3O3. The summed E-state index contributed by atoms with van der Waals surface area (Å²) in [5.41, 5.74) is 1.43. The molecule has 1 N–H and O–H groups in total. The van der Waals surface area contributed by atoms with Gasteiger partial charge in [-0.05, 0) is 42.0 Å². The number of carbonyl (C=O) groups excluding carboxylic acids is 2. The third kappa shape index (κ3) is 4.18. The minimum Gasteiger partial charge on any atom is -0.459 e. The number of hydrogen-bond acceptors (Lipinski definition) is 4. The van der Waals surface area contributed by atoms with Crippen LogP contribution in [0.15, 0.2) is 71.5 Å². The summed E-state index contributed by atoms with van der Waals surface area (Å²) in [5, 5.41) is 2.89. The number of aromatic nitrogens is 1. The summed E-state index contributed by atoms with van der Waals surface area (Å²) in [5.74, 6) is -1.44. The second-order valence-electron chi connectivity index (χ2n) is 6.99. The zero-order valence-corrected chi connectivity index (χ0v) is 15.6. The summed E-state index contributed by atoms with van der Waals surface area (Å²) in [7, 11) is 0. The lowest BCUT2D eigenvalue weighted by atomic mass is 9.88. The van der Waals surface area contributed by atoms with E-state index in [9.17, 15) is 14.0 Å². The molecule has 6 nitrogen and oxygen atoms in total. The number of amides is 2. The summed E-state index contributed by atoms with van der Waals surface area (Å²) in [6.07, 6.45) is 3.10. The zero-order chi connectivity index (χ0) is 20.2. The Bertz CT molecular complexity index is 992. The van der Waals surface area contributed by atoms with E-state index in [0.717, 1.165) is 5.69 Å². The number of benzene rings is 1. The second kappa shape index (κ2) is 8.26. The molecule has 1 aromatic carbocycles. The van der Waals surface area contributed by atoms with Gasteiger partial charge in [0, 0.05) is 25.2 Å². The van der Waals surface area contributed by atoms with Gasteiger partial charge in [-0.15, -0.1) is 0 Å². The number of halogens is 1. The lowest BCUT2D eigenvalue weighted by Gasteiger charge is -2.18. The Morgan fingerprint density at radius 3 is 2.76 bits per heavy atom. The molecule has 2 amide bonds. The Hall–Kier alpha value is -3.48. The van der Waals surface area contributed by atoms with Crippen LogP contribution in [0.25, 0.3) is 0 Å². The summed E-state index contributed by atoms with van der Waals surface area (Å²) in [6.45, 7) is 0.831. The van der Waals surface area contributed by atoms with E-state index in [1.807, 2.05) is 12.1 Å². The van der Waals surface area contributed by atoms with Crippen molar-refractivity contribution >= 4 is 11.8 Å². The molecule has 29 heavy (non-hydrogen) atoms. The molecule has 0 spiro atoms. The van der Waals surface area contributed by atoms with Crippen molar-refractivity contribution in [1.82, 2.24) is 15.2 Å². The smallest absolute Gasteiger partial charge is 0.289 e. The fraction of sp³-hybridized carbons (Fsp3) is 0.227. The van der Waals surface area contributed by atoms with Crippen molar-refractivity contribution in [2.24, 2.45) is 5.92 Å². The first-order valence-corrected chi connectivity index (χ1v) is 9.37. The van der Waals surface area contributed by atoms with Crippen LogP contribution in [0.5, 0.6) is 0 Å². The minimum absolute atomic E-state index is 0.195. The third-order valence-electron chi connectivity index (χ3n) is 5.12. The summed E-state index contributed by atoms with van der Waals surface area (Å²) < 4.78 is 19.0. The van der Waals surface area contributed by atoms with Crippen molar-refractivity contribution in [3.8, 4) is 0 Å². The first kappa shape index (κ1) is 18.9. The van der Waals surface area contributed by atoms with E-state index < -0.39 is 5.92 Å². The number of rotatable bonds is 5. The number of nitrogens with zero attached hydrogens (tertiary/aromatic N) is 2. The van der Waals surface area contributed by atoms with E-state index in [2.05, 4.69) is 10.3 Å². The van der Waals surface area contributed by atoms with E-state index in [4.69, 9.17) is 4.42 Å². The molecule has 7 heteroatoms. The number of hydrogen-bond donors (Lipinski definition) is 1. The first-order chi connectivity index (χ1) is 14.1. The molecule has 4 rings (SSSR count). The van der Waals surface area contributed by atoms with Crippen LogP contribution >= 0.6 is 0 Å². The molecule has 0 bridgehead atoms. The highest BCUT2D eigenvalue weighted by Gasteiger charge is 2.41. The molecule has 1 aliphatic heterocycles. The third-order valence-corrected chi connectivity index (χ3v) is 5.12. The van der Waals surface area contributed by atoms with Crippen LogP contribution in [0, 0.1) is 11.7 Å². The molecule has 0 radical (unpaired) electrons. The maximum Gasteiger partial charge on any atom is 0.289 e. The predicted molar refractivity (Wildman–Crippen MR) is 103 cm³/mol. The van der Waals surface area contributed by atoms with Crippen molar-refractivity contribution in [2.75, 3.05) is 13.1 Å². The quantitative estimate of drug-likeness (QED) is 0.723. The van der Waals surface area contributed by atoms with Gasteiger partial charge in [-0.3, -0.25) is 14.6 Å². The van der Waals surface area contributed by atoms with Gasteiger partial charge in [0.15, 0.2) is 5.76 Å². The van der Waals surface area contributed by atoms with Crippen molar-refractivity contribution in [1.29, 1.82) is 0 Å². The van der Waals surface area contributed by atoms with Gasteiger partial charge in [0.2, 0.25) is 5.91 Å². The van der Waals surface area contributed by atoms with Gasteiger partial charge in [-0.25, -0.2) is 4.39 Å². The van der Waals surface area contributed by atoms with Gasteiger partial charge in [-0.2, -0.15) is 0 Å². The number of furan rings is 1. The maximum absolute atomic E-state index is 13.8. The Morgan fingerprint density at radius 1 is 1.14 bits per heavy atom. The SMILES string of the molecule is O=C(NCc1ccccn1)C1CN(C(=O)c2ccco2)CC1c1cccc(F)c1. The van der Waals surface area contributed by atoms with Crippen molar-refractivity contribution < 1.29 is 18.4 Å². The number of carbonyl (C=O) groups is 2. The van der Waals surface area contributed by atoms with E-state index in [1.54, 1.807) is 41.4 Å². The highest BCUT2D eigenvalue weighted by atomic mass is 19.1. The molecule has 1 saturated heterocycles. The van der Waals surface area contributed by atoms with E-state index >= 15 is 0 Å². The first-order valence-electron chi connectivity index (χ1n) is 9.37. The topological polar surface area (TPSA) is 75.4 Å². The van der Waals surface area contributed by atoms with Crippen LogP contribution in [0.2, 0.25) is 0 Å². The van der Waals surface area contributed by atoms with E-state index in [1.165, 1.54) is 18.4 Å². The molecule has 0 saturated carbocycles. The molecule has 2 aromatic heterocycles. The van der Waals surface area contributed by atoms with Gasteiger partial charge < -0.3 is 14.6 Å². The molecule has 2 unspecified atom stereocenters. The van der Waals surface area contributed by atoms with Gasteiger partial charge in [0.1, 0.15) is 5.82 Å². The lowest BCUT2D eigenvalue weighted by Crippen LogP contribution is -2.35. The Balaban J connectivity index is 1.54. The summed E-state index contributed by atoms with van der Waals surface area (Å²) in [6, 6.07) is 14.9. The minimum atomic E-state index is -0.501. The van der Waals surface area contributed by atoms with E-state index in [-0.39, 0.29) is 42.4 Å². The zero-order valence-electron chi connectivity index (χ0n) is 15.6. The van der Waals surface area contributed by atoms with Crippen LogP contribution < -0.4 is 5.32 Å². The van der Waals surface area contributed by atoms with Crippen LogP contribution in [0.1, 0.15) is 27.7 Å². The lowest BCUT2D eigenvalue weighted by molar-refractivity contribution is -0.125. The van der Waals surface area contributed by atoms with Gasteiger partial charge in [-0.1, -0.05) is 18.2 Å². The molecule has 1 aliphatic rings. The predicted octanol–water partition coefficient (Wildman–Crippen LogP) is 2.99. The van der Waals surface area contributed by atoms with Gasteiger partial charge in [0.25, 0.3) is 5.91 Å². The summed E-state index contributed by atoms with van der Waals surface area (Å²) in [4.78, 5) is 31.4. The molecule has 3 heterocycles. The van der Waals surface area contributed by atoms with Crippen molar-refractivity contribution in [3.05, 3.63) is 89.9 Å². The highest BCUT2D eigenvalue weighted by Crippen LogP contribution is 2.34. The monoisotopic (exact) mass is 393 g/mol. The number of nitrogens with one attached hydrogen (secondary N) is 1. The standard InChI is InChI=1S/C22H20FN3O3/c23-16-6-3-5-15(11-16)18-13-26(22(28)20-8-4-10-29-20)14-19(18)21(27)25-12-17-7-1-2-9-24-17/h1-11,18-19H,12-14H2,(H,25,27). The molecule has 1 fully saturated rings. The average Bonchev–Trinajstić information content (AvgIpc) is 3.43. The molecule has 2 atom stereocenters. The largest absolute Gasteiger partial charge is 0.459 e. The van der Waals surface area contributed by atoms with Crippen LogP contribution in [0.4, 0.5) is 4.39 Å². The molecular weight excluding hydrogens is 373 g/mol. The summed E-state index contributed by atoms with van der Waals surface area (Å²) >= 11 is 0. The highest BCUT2D eigenvalue weighted by molar-refractivity contribution is 5.92. The Morgan fingerprint density at radius 2 is 2.03 bits per heavy atom. The van der Waals surface area contributed by atoms with Crippen molar-refractivity contribution in [3.63, 3.8) is 0 Å². The van der Waals surface area contributed by atoms with Crippen LogP contribution in [-0.2, 0) is 11.3 Å². The number of likely N-dealkylation sites (tertiary alicyclic amines) is 1. The fourth-order valence-corrected chi connectivity index (χ4v) is 3.68. The Labute approximate surface area is 167 Å². The van der Waals surface area contributed by atoms with E-state index in [0.29, 0.717) is 12.1 Å². The normalized spacial score (nSPS) is 18.6. The van der Waals surface area contributed by atoms with Gasteiger partial charge >= 0.3 is 0 Å². The average molecular weight is 393 g/mol. The number of pyridine rings is 1. The molecule has 148 valence electrons. The molecule has 0 aliphatic carbocycles. The maximum atomic E-state index is 13.8. The van der Waals surface area contributed by atoms with Crippen LogP contribution in [0.3, 0.4) is 0 Å². The second-order valence-corrected chi connectivity index (χ2v) is 6.99. The fourth-order valence-electron chi connectivity index (χ4n) is 3.68.